The summed E-state index contributed by atoms with van der Waals surface area (Å²) in [6, 6.07) is 0. The van der Waals surface area contributed by atoms with Crippen LogP contribution in [0.5, 0.6) is 0 Å². The molecule has 6 heteroatoms. The van der Waals surface area contributed by atoms with Gasteiger partial charge in [-0.05, 0) is 0 Å². The second kappa shape index (κ2) is 2.40. The van der Waals surface area contributed by atoms with Gasteiger partial charge in [0.05, 0.1) is 0 Å². The summed E-state index contributed by atoms with van der Waals surface area (Å²) in [6.07, 6.45) is 0. The van der Waals surface area contributed by atoms with Crippen LogP contribution in [0.2, 0.25) is 0 Å². The highest BCUT2D eigenvalue weighted by molar-refractivity contribution is 7.85. The Morgan fingerprint density at radius 1 is 1.62 bits per heavy atom. The molecule has 50 valence electrons. The van der Waals surface area contributed by atoms with Gasteiger partial charge in [0.1, 0.15) is 0 Å². The molecule has 0 spiro atoms. The van der Waals surface area contributed by atoms with E-state index in [1.807, 2.05) is 0 Å². The summed E-state index contributed by atoms with van der Waals surface area (Å²) in [5.74, 6) is -0.757. The first-order valence-corrected chi connectivity index (χ1v) is 3.38. The summed E-state index contributed by atoms with van der Waals surface area (Å²) < 4.78 is 27.5. The number of hydrogen-bond acceptors (Lipinski definition) is 4. The second-order valence-electron chi connectivity index (χ2n) is 1.37. The molecule has 0 aromatic carbocycles. The van der Waals surface area contributed by atoms with Crippen molar-refractivity contribution >= 4 is 10.1 Å². The predicted octanol–water partition coefficient (Wildman–Crippen LogP) is -0.847. The lowest BCUT2D eigenvalue weighted by molar-refractivity contribution is -0.0476. The third-order valence-electron chi connectivity index (χ3n) is 0.350. The zero-order valence-corrected chi connectivity index (χ0v) is 5.09. The van der Waals surface area contributed by atoms with Gasteiger partial charge in [0.25, 0.3) is 10.1 Å². The van der Waals surface area contributed by atoms with Crippen LogP contribution in [0.25, 0.3) is 0 Å². The van der Waals surface area contributed by atoms with E-state index in [9.17, 15) is 8.42 Å². The van der Waals surface area contributed by atoms with Crippen molar-refractivity contribution in [2.24, 2.45) is 0 Å². The topological polar surface area (TPSA) is 77.8 Å². The molecule has 2 N–H and O–H groups in total. The molecule has 0 saturated carbocycles. The maximum absolute atomic E-state index is 9.80. The third kappa shape index (κ3) is 5.83. The van der Waals surface area contributed by atoms with Crippen LogP contribution >= 0.6 is 0 Å². The minimum atomic E-state index is -4.05. The van der Waals surface area contributed by atoms with Crippen molar-refractivity contribution in [2.45, 2.75) is 0 Å². The van der Waals surface area contributed by atoms with Gasteiger partial charge in [0, 0.05) is 7.05 Å². The lowest BCUT2D eigenvalue weighted by atomic mass is 11.2. The Balaban J connectivity index is 3.75. The Morgan fingerprint density at radius 2 is 2.00 bits per heavy atom. The fourth-order valence-corrected chi connectivity index (χ4v) is 0.708. The Bertz CT molecular complexity index is 147. The summed E-state index contributed by atoms with van der Waals surface area (Å²) in [6.45, 7) is 0. The summed E-state index contributed by atoms with van der Waals surface area (Å²) in [5, 5.41) is 8.55. The third-order valence-corrected chi connectivity index (χ3v) is 1.05. The van der Waals surface area contributed by atoms with Crippen molar-refractivity contribution in [3.05, 3.63) is 0 Å². The Morgan fingerprint density at radius 3 is 2.00 bits per heavy atom. The van der Waals surface area contributed by atoms with Crippen molar-refractivity contribution < 1.29 is 18.2 Å². The molecule has 8 heavy (non-hydrogen) atoms. The van der Waals surface area contributed by atoms with Gasteiger partial charge < -0.3 is 5.21 Å². The van der Waals surface area contributed by atoms with E-state index in [0.717, 1.165) is 7.05 Å². The zero-order chi connectivity index (χ0) is 6.78. The standard InChI is InChI=1S/C2H7NO4S/c1-3(4)2-8(5,6)7/h4H,2H2,1H3,(H,5,6,7). The molecule has 0 amide bonds. The predicted molar refractivity (Wildman–Crippen MR) is 26.0 cm³/mol. The zero-order valence-electron chi connectivity index (χ0n) is 4.27. The van der Waals surface area contributed by atoms with Crippen LogP contribution < -0.4 is 0 Å². The van der Waals surface area contributed by atoms with Crippen LogP contribution in [0.1, 0.15) is 0 Å². The lowest BCUT2D eigenvalue weighted by Crippen LogP contribution is -2.21. The molecule has 0 unspecified atom stereocenters. The van der Waals surface area contributed by atoms with Gasteiger partial charge >= 0.3 is 0 Å². The molecule has 0 atom stereocenters. The minimum Gasteiger partial charge on any atom is -0.313 e. The van der Waals surface area contributed by atoms with Crippen molar-refractivity contribution in [3.63, 3.8) is 0 Å². The lowest BCUT2D eigenvalue weighted by Gasteiger charge is -2.02. The smallest absolute Gasteiger partial charge is 0.280 e. The SMILES string of the molecule is CN(O)CS(=O)(=O)O. The van der Waals surface area contributed by atoms with Crippen molar-refractivity contribution in [1.82, 2.24) is 5.06 Å². The highest BCUT2D eigenvalue weighted by Crippen LogP contribution is 1.81. The molecular weight excluding hydrogens is 134 g/mol. The fourth-order valence-electron chi connectivity index (χ4n) is 0.236. The van der Waals surface area contributed by atoms with E-state index in [4.69, 9.17) is 9.76 Å². The number of hydroxylamine groups is 2. The first kappa shape index (κ1) is 7.83. The van der Waals surface area contributed by atoms with Crippen molar-refractivity contribution in [2.75, 3.05) is 12.9 Å². The number of nitrogens with zero attached hydrogens (tertiary/aromatic N) is 1. The van der Waals surface area contributed by atoms with Crippen molar-refractivity contribution in [1.29, 1.82) is 0 Å². The molecule has 0 aliphatic heterocycles. The van der Waals surface area contributed by atoms with E-state index in [0.29, 0.717) is 5.06 Å². The number of rotatable bonds is 2. The molecule has 0 rings (SSSR count). The van der Waals surface area contributed by atoms with Gasteiger partial charge in [-0.1, -0.05) is 0 Å². The van der Waals surface area contributed by atoms with Gasteiger partial charge in [-0.2, -0.15) is 13.5 Å². The molecule has 0 heterocycles. The van der Waals surface area contributed by atoms with Crippen LogP contribution in [0.15, 0.2) is 0 Å². The van der Waals surface area contributed by atoms with Crippen molar-refractivity contribution in [3.8, 4) is 0 Å². The molecule has 0 aliphatic carbocycles. The number of hydrogen-bond donors (Lipinski definition) is 2. The maximum Gasteiger partial charge on any atom is 0.280 e. The minimum absolute atomic E-state index is 0.370. The highest BCUT2D eigenvalue weighted by Gasteiger charge is 2.05. The van der Waals surface area contributed by atoms with Crippen LogP contribution in [-0.2, 0) is 10.1 Å². The Hall–Kier alpha value is -0.170. The van der Waals surface area contributed by atoms with Crippen LogP contribution in [-0.4, -0.2) is 36.2 Å². The van der Waals surface area contributed by atoms with E-state index in [2.05, 4.69) is 0 Å². The molecule has 5 nitrogen and oxygen atoms in total. The van der Waals surface area contributed by atoms with E-state index < -0.39 is 16.0 Å². The van der Waals surface area contributed by atoms with E-state index in [-0.39, 0.29) is 0 Å². The first-order valence-electron chi connectivity index (χ1n) is 1.77. The molecule has 0 fully saturated rings. The molecule has 0 aromatic rings. The van der Waals surface area contributed by atoms with Gasteiger partial charge in [0.2, 0.25) is 0 Å². The summed E-state index contributed by atoms with van der Waals surface area (Å²) in [5.41, 5.74) is 0. The van der Waals surface area contributed by atoms with E-state index in [1.54, 1.807) is 0 Å². The first-order chi connectivity index (χ1) is 3.42. The quantitative estimate of drug-likeness (QED) is 0.387. The second-order valence-corrected chi connectivity index (χ2v) is 2.79. The summed E-state index contributed by atoms with van der Waals surface area (Å²) >= 11 is 0. The average molecular weight is 141 g/mol. The van der Waals surface area contributed by atoms with Crippen LogP contribution in [0.3, 0.4) is 0 Å². The highest BCUT2D eigenvalue weighted by atomic mass is 32.2. The Labute approximate surface area is 47.2 Å². The molecule has 0 aliphatic rings. The maximum atomic E-state index is 9.80. The normalized spacial score (nSPS) is 12.5. The van der Waals surface area contributed by atoms with Gasteiger partial charge in [-0.3, -0.25) is 4.55 Å². The molecule has 0 aromatic heterocycles. The van der Waals surface area contributed by atoms with Gasteiger partial charge in [-0.15, -0.1) is 0 Å². The summed E-state index contributed by atoms with van der Waals surface area (Å²) in [7, 11) is -2.93. The monoisotopic (exact) mass is 141 g/mol. The molecule has 0 saturated heterocycles. The largest absolute Gasteiger partial charge is 0.313 e. The van der Waals surface area contributed by atoms with Crippen LogP contribution in [0, 0.1) is 0 Å². The molecule has 0 bridgehead atoms. The summed E-state index contributed by atoms with van der Waals surface area (Å²) in [4.78, 5) is 0. The molecule has 0 radical (unpaired) electrons. The fraction of sp³-hybridized carbons (Fsp3) is 1.00. The van der Waals surface area contributed by atoms with Crippen LogP contribution in [0.4, 0.5) is 0 Å². The van der Waals surface area contributed by atoms with Gasteiger partial charge in [0.15, 0.2) is 5.88 Å². The van der Waals surface area contributed by atoms with E-state index in [1.165, 1.54) is 0 Å². The van der Waals surface area contributed by atoms with Gasteiger partial charge in [-0.25, -0.2) is 0 Å². The Kier molecular flexibility index (Phi) is 2.35. The average Bonchev–Trinajstić information content (AvgIpc) is 1.21. The molecular formula is C2H7NO4S. The van der Waals surface area contributed by atoms with E-state index >= 15 is 0 Å².